The number of nitrogens with one attached hydrogen (secondary N) is 1. The van der Waals surface area contributed by atoms with Crippen LogP contribution in [0.4, 0.5) is 5.69 Å². The van der Waals surface area contributed by atoms with Crippen LogP contribution in [-0.4, -0.2) is 51.4 Å². The number of amides is 1. The minimum atomic E-state index is -3.03. The maximum atomic E-state index is 11.8. The Kier molecular flexibility index (Phi) is 6.26. The Morgan fingerprint density at radius 3 is 2.50 bits per heavy atom. The molecule has 0 atom stereocenters. The van der Waals surface area contributed by atoms with Gasteiger partial charge in [-0.3, -0.25) is 9.69 Å². The van der Waals surface area contributed by atoms with Gasteiger partial charge in [0.2, 0.25) is 5.91 Å². The number of benzene rings is 1. The molecular weight excluding hydrogens is 323 g/mol. The van der Waals surface area contributed by atoms with E-state index in [1.807, 2.05) is 0 Å². The monoisotopic (exact) mass is 338 g/mol. The molecule has 8 heteroatoms. The topological polar surface area (TPSA) is 66.5 Å². The zero-order valence-electron chi connectivity index (χ0n) is 11.2. The number of carbonyl (C=O) groups is 1. The molecule has 0 fully saturated rings. The van der Waals surface area contributed by atoms with Gasteiger partial charge >= 0.3 is 0 Å². The van der Waals surface area contributed by atoms with E-state index in [1.165, 1.54) is 0 Å². The van der Waals surface area contributed by atoms with E-state index in [1.54, 1.807) is 30.1 Å². The molecule has 0 heterocycles. The summed E-state index contributed by atoms with van der Waals surface area (Å²) >= 11 is 11.6. The SMILES string of the molecule is CN(CCS(C)(=O)=O)CC(=O)Nc1ccc(Cl)c(Cl)c1. The minimum absolute atomic E-state index is 0.0174. The Morgan fingerprint density at radius 1 is 1.30 bits per heavy atom. The second-order valence-corrected chi connectivity index (χ2v) is 7.62. The van der Waals surface area contributed by atoms with Crippen molar-refractivity contribution in [2.24, 2.45) is 0 Å². The number of sulfone groups is 1. The van der Waals surface area contributed by atoms with E-state index in [-0.39, 0.29) is 18.2 Å². The molecule has 0 saturated carbocycles. The van der Waals surface area contributed by atoms with Crippen LogP contribution in [0.25, 0.3) is 0 Å². The Morgan fingerprint density at radius 2 is 1.95 bits per heavy atom. The predicted octanol–water partition coefficient (Wildman–Crippen LogP) is 1.91. The first kappa shape index (κ1) is 17.2. The molecule has 1 N–H and O–H groups in total. The van der Waals surface area contributed by atoms with Gasteiger partial charge in [0.05, 0.1) is 22.3 Å². The van der Waals surface area contributed by atoms with Gasteiger partial charge in [-0.25, -0.2) is 8.42 Å². The number of nitrogens with zero attached hydrogens (tertiary/aromatic N) is 1. The minimum Gasteiger partial charge on any atom is -0.325 e. The first-order chi connectivity index (χ1) is 9.17. The van der Waals surface area contributed by atoms with Gasteiger partial charge in [0, 0.05) is 18.5 Å². The van der Waals surface area contributed by atoms with E-state index in [2.05, 4.69) is 5.32 Å². The van der Waals surface area contributed by atoms with E-state index in [9.17, 15) is 13.2 Å². The van der Waals surface area contributed by atoms with Gasteiger partial charge in [-0.2, -0.15) is 0 Å². The van der Waals surface area contributed by atoms with Crippen molar-refractivity contribution in [3.05, 3.63) is 28.2 Å². The predicted molar refractivity (Wildman–Crippen MR) is 82.3 cm³/mol. The lowest BCUT2D eigenvalue weighted by Crippen LogP contribution is -2.33. The van der Waals surface area contributed by atoms with Crippen LogP contribution in [0.3, 0.4) is 0 Å². The van der Waals surface area contributed by atoms with Crippen molar-refractivity contribution in [2.45, 2.75) is 0 Å². The Hall–Kier alpha value is -0.820. The molecule has 0 radical (unpaired) electrons. The smallest absolute Gasteiger partial charge is 0.238 e. The van der Waals surface area contributed by atoms with Crippen molar-refractivity contribution in [2.75, 3.05) is 37.5 Å². The molecule has 1 aromatic carbocycles. The van der Waals surface area contributed by atoms with Crippen LogP contribution >= 0.6 is 23.2 Å². The van der Waals surface area contributed by atoms with Crippen LogP contribution < -0.4 is 5.32 Å². The summed E-state index contributed by atoms with van der Waals surface area (Å²) in [5, 5.41) is 3.43. The van der Waals surface area contributed by atoms with Crippen molar-refractivity contribution in [1.29, 1.82) is 0 Å². The van der Waals surface area contributed by atoms with Crippen LogP contribution in [-0.2, 0) is 14.6 Å². The molecule has 0 aromatic heterocycles. The maximum Gasteiger partial charge on any atom is 0.238 e. The molecule has 112 valence electrons. The zero-order chi connectivity index (χ0) is 15.3. The highest BCUT2D eigenvalue weighted by atomic mass is 35.5. The molecular formula is C12H16Cl2N2O3S. The number of rotatable bonds is 6. The lowest BCUT2D eigenvalue weighted by molar-refractivity contribution is -0.117. The molecule has 0 bridgehead atoms. The largest absolute Gasteiger partial charge is 0.325 e. The number of halogens is 2. The summed E-state index contributed by atoms with van der Waals surface area (Å²) in [6.45, 7) is 0.392. The number of anilines is 1. The fourth-order valence-corrected chi connectivity index (χ4v) is 2.36. The molecule has 0 spiro atoms. The van der Waals surface area contributed by atoms with Crippen molar-refractivity contribution in [1.82, 2.24) is 4.90 Å². The maximum absolute atomic E-state index is 11.8. The summed E-state index contributed by atoms with van der Waals surface area (Å²) in [5.74, 6) is -0.233. The number of likely N-dealkylation sites (N-methyl/N-ethyl adjacent to an activating group) is 1. The fourth-order valence-electron chi connectivity index (χ4n) is 1.42. The lowest BCUT2D eigenvalue weighted by Gasteiger charge is -2.15. The van der Waals surface area contributed by atoms with E-state index in [0.29, 0.717) is 22.3 Å². The molecule has 0 saturated heterocycles. The molecule has 0 aliphatic rings. The Balaban J connectivity index is 2.48. The van der Waals surface area contributed by atoms with Crippen LogP contribution in [0.15, 0.2) is 18.2 Å². The summed E-state index contributed by atoms with van der Waals surface area (Å²) < 4.78 is 22.1. The number of carbonyl (C=O) groups excluding carboxylic acids is 1. The molecule has 20 heavy (non-hydrogen) atoms. The van der Waals surface area contributed by atoms with Gasteiger partial charge in [-0.15, -0.1) is 0 Å². The first-order valence-electron chi connectivity index (χ1n) is 5.78. The lowest BCUT2D eigenvalue weighted by atomic mass is 10.3. The van der Waals surface area contributed by atoms with Crippen LogP contribution in [0, 0.1) is 0 Å². The third-order valence-corrected chi connectivity index (χ3v) is 4.12. The van der Waals surface area contributed by atoms with E-state index in [4.69, 9.17) is 23.2 Å². The average molecular weight is 339 g/mol. The first-order valence-corrected chi connectivity index (χ1v) is 8.60. The Bertz CT molecular complexity index is 590. The molecule has 1 aromatic rings. The van der Waals surface area contributed by atoms with E-state index in [0.717, 1.165) is 6.26 Å². The number of hydrogen-bond donors (Lipinski definition) is 1. The molecule has 0 aliphatic carbocycles. The van der Waals surface area contributed by atoms with Crippen LogP contribution in [0.2, 0.25) is 10.0 Å². The van der Waals surface area contributed by atoms with E-state index >= 15 is 0 Å². The van der Waals surface area contributed by atoms with Crippen molar-refractivity contribution >= 4 is 44.6 Å². The highest BCUT2D eigenvalue weighted by molar-refractivity contribution is 7.90. The second kappa shape index (κ2) is 7.26. The summed E-state index contributed by atoms with van der Waals surface area (Å²) in [7, 11) is -1.35. The number of hydrogen-bond acceptors (Lipinski definition) is 4. The third-order valence-electron chi connectivity index (χ3n) is 2.46. The van der Waals surface area contributed by atoms with Gasteiger partial charge < -0.3 is 5.32 Å². The molecule has 1 amide bonds. The Labute approximate surface area is 128 Å². The van der Waals surface area contributed by atoms with E-state index < -0.39 is 9.84 Å². The zero-order valence-corrected chi connectivity index (χ0v) is 13.5. The van der Waals surface area contributed by atoms with Crippen molar-refractivity contribution in [3.63, 3.8) is 0 Å². The molecule has 0 aliphatic heterocycles. The summed E-state index contributed by atoms with van der Waals surface area (Å²) in [5.41, 5.74) is 0.543. The van der Waals surface area contributed by atoms with Gasteiger partial charge in [-0.05, 0) is 25.2 Å². The molecule has 5 nitrogen and oxygen atoms in total. The van der Waals surface area contributed by atoms with Gasteiger partial charge in [-0.1, -0.05) is 23.2 Å². The van der Waals surface area contributed by atoms with Crippen molar-refractivity contribution in [3.8, 4) is 0 Å². The van der Waals surface area contributed by atoms with Gasteiger partial charge in [0.25, 0.3) is 0 Å². The highest BCUT2D eigenvalue weighted by Gasteiger charge is 2.10. The quantitative estimate of drug-likeness (QED) is 0.860. The summed E-state index contributed by atoms with van der Waals surface area (Å²) in [6, 6.07) is 4.79. The third kappa shape index (κ3) is 6.56. The summed E-state index contributed by atoms with van der Waals surface area (Å²) in [6.07, 6.45) is 1.16. The standard InChI is InChI=1S/C12H16Cl2N2O3S/c1-16(5-6-20(2,18)19)8-12(17)15-9-3-4-10(13)11(14)7-9/h3-4,7H,5-6,8H2,1-2H3,(H,15,17). The molecule has 0 unspecified atom stereocenters. The normalized spacial score (nSPS) is 11.7. The van der Waals surface area contributed by atoms with Gasteiger partial charge in [0.15, 0.2) is 0 Å². The average Bonchev–Trinajstić information content (AvgIpc) is 2.30. The van der Waals surface area contributed by atoms with Gasteiger partial charge in [0.1, 0.15) is 9.84 Å². The second-order valence-electron chi connectivity index (χ2n) is 4.54. The highest BCUT2D eigenvalue weighted by Crippen LogP contribution is 2.24. The summed E-state index contributed by atoms with van der Waals surface area (Å²) in [4.78, 5) is 13.4. The van der Waals surface area contributed by atoms with Crippen molar-refractivity contribution < 1.29 is 13.2 Å². The van der Waals surface area contributed by atoms with Crippen LogP contribution in [0.5, 0.6) is 0 Å². The fraction of sp³-hybridized carbons (Fsp3) is 0.417. The van der Waals surface area contributed by atoms with Crippen LogP contribution in [0.1, 0.15) is 0 Å². The molecule has 1 rings (SSSR count).